The third kappa shape index (κ3) is 5.66. The molecule has 0 saturated carbocycles. The first-order chi connectivity index (χ1) is 16.4. The van der Waals surface area contributed by atoms with E-state index in [1.54, 1.807) is 0 Å². The summed E-state index contributed by atoms with van der Waals surface area (Å²) >= 11 is 0. The van der Waals surface area contributed by atoms with Crippen molar-refractivity contribution < 1.29 is 18.3 Å². The summed E-state index contributed by atoms with van der Waals surface area (Å²) in [4.78, 5) is 18.4. The van der Waals surface area contributed by atoms with Gasteiger partial charge in [0.2, 0.25) is 0 Å². The molecule has 3 aromatic rings. The van der Waals surface area contributed by atoms with Gasteiger partial charge in [0.1, 0.15) is 18.2 Å². The van der Waals surface area contributed by atoms with Crippen molar-refractivity contribution in [2.24, 2.45) is 4.99 Å². The van der Waals surface area contributed by atoms with Crippen molar-refractivity contribution >= 4 is 17.5 Å². The molecule has 0 spiro atoms. The number of likely N-dealkylation sites (N-methyl/N-ethyl adjacent to an activating group) is 1. The molecule has 3 aromatic carbocycles. The summed E-state index contributed by atoms with van der Waals surface area (Å²) in [6.45, 7) is 0.987. The number of hydrogen-bond acceptors (Lipinski definition) is 4. The van der Waals surface area contributed by atoms with Crippen molar-refractivity contribution in [1.82, 2.24) is 4.90 Å². The number of halogens is 2. The maximum atomic E-state index is 14.1. The lowest BCUT2D eigenvalue weighted by Gasteiger charge is -2.11. The maximum absolute atomic E-state index is 14.1. The van der Waals surface area contributed by atoms with Crippen LogP contribution in [0, 0.1) is 11.6 Å². The highest BCUT2D eigenvalue weighted by molar-refractivity contribution is 6.02. The van der Waals surface area contributed by atoms with Crippen molar-refractivity contribution in [3.63, 3.8) is 0 Å². The van der Waals surface area contributed by atoms with Crippen molar-refractivity contribution in [2.75, 3.05) is 32.6 Å². The highest BCUT2D eigenvalue weighted by atomic mass is 19.1. The van der Waals surface area contributed by atoms with Gasteiger partial charge in [-0.3, -0.25) is 10.3 Å². The van der Waals surface area contributed by atoms with Gasteiger partial charge in [0.05, 0.1) is 11.6 Å². The second kappa shape index (κ2) is 10.6. The van der Waals surface area contributed by atoms with E-state index in [0.717, 1.165) is 16.7 Å². The molecule has 1 unspecified atom stereocenters. The largest absolute Gasteiger partial charge is 0.448 e. The molecule has 1 heterocycles. The average molecular weight is 464 g/mol. The molecule has 0 fully saturated rings. The number of carbonyl (C=O) groups excluding carboxylic acids is 1. The number of anilines is 1. The van der Waals surface area contributed by atoms with Crippen LogP contribution in [0.5, 0.6) is 0 Å². The van der Waals surface area contributed by atoms with Crippen LogP contribution in [0.2, 0.25) is 0 Å². The van der Waals surface area contributed by atoms with Crippen LogP contribution in [0.3, 0.4) is 0 Å². The van der Waals surface area contributed by atoms with E-state index in [1.807, 2.05) is 67.5 Å². The predicted molar refractivity (Wildman–Crippen MR) is 130 cm³/mol. The van der Waals surface area contributed by atoms with Gasteiger partial charge in [-0.1, -0.05) is 42.5 Å². The van der Waals surface area contributed by atoms with Gasteiger partial charge in [-0.2, -0.15) is 0 Å². The molecule has 1 atom stereocenters. The zero-order valence-corrected chi connectivity index (χ0v) is 19.2. The minimum atomic E-state index is -0.575. The van der Waals surface area contributed by atoms with Crippen molar-refractivity contribution in [3.05, 3.63) is 89.5 Å². The Bertz CT molecular complexity index is 1160. The fourth-order valence-electron chi connectivity index (χ4n) is 3.91. The minimum absolute atomic E-state index is 0.0168. The second-order valence-electron chi connectivity index (χ2n) is 8.49. The van der Waals surface area contributed by atoms with Crippen LogP contribution in [0.4, 0.5) is 19.3 Å². The molecule has 5 nitrogen and oxygen atoms in total. The third-order valence-corrected chi connectivity index (χ3v) is 5.75. The van der Waals surface area contributed by atoms with E-state index in [9.17, 15) is 13.6 Å². The summed E-state index contributed by atoms with van der Waals surface area (Å²) in [7, 11) is 3.83. The van der Waals surface area contributed by atoms with Crippen LogP contribution in [-0.4, -0.2) is 44.0 Å². The van der Waals surface area contributed by atoms with E-state index in [4.69, 9.17) is 4.74 Å². The molecule has 0 aliphatic carbocycles. The molecule has 1 aliphatic rings. The molecule has 4 rings (SSSR count). The first kappa shape index (κ1) is 23.6. The number of carbonyl (C=O) groups is 1. The second-order valence-corrected chi connectivity index (χ2v) is 8.49. The molecule has 176 valence electrons. The Balaban J connectivity index is 1.39. The summed E-state index contributed by atoms with van der Waals surface area (Å²) in [5.41, 5.74) is 4.15. The number of ether oxygens (including phenoxy) is 1. The molecule has 1 N–H and O–H groups in total. The Kier molecular flexibility index (Phi) is 7.33. The van der Waals surface area contributed by atoms with Gasteiger partial charge >= 0.3 is 6.09 Å². The first-order valence-electron chi connectivity index (χ1n) is 11.2. The van der Waals surface area contributed by atoms with E-state index in [0.29, 0.717) is 37.4 Å². The minimum Gasteiger partial charge on any atom is -0.448 e. The van der Waals surface area contributed by atoms with Crippen LogP contribution >= 0.6 is 0 Å². The SMILES string of the molecule is CN(C)CCOC(=O)Nc1ccc(-c2ccc(C3CCC(c4c(F)cccc4F)=N3)cc2)cc1. The van der Waals surface area contributed by atoms with E-state index >= 15 is 0 Å². The first-order valence-corrected chi connectivity index (χ1v) is 11.2. The van der Waals surface area contributed by atoms with Gasteiger partial charge in [0.15, 0.2) is 0 Å². The van der Waals surface area contributed by atoms with Crippen molar-refractivity contribution in [1.29, 1.82) is 0 Å². The van der Waals surface area contributed by atoms with Gasteiger partial charge < -0.3 is 9.64 Å². The maximum Gasteiger partial charge on any atom is 0.411 e. The highest BCUT2D eigenvalue weighted by Gasteiger charge is 2.24. The fourth-order valence-corrected chi connectivity index (χ4v) is 3.91. The lowest BCUT2D eigenvalue weighted by atomic mass is 9.99. The van der Waals surface area contributed by atoms with Gasteiger partial charge in [0, 0.05) is 17.9 Å². The van der Waals surface area contributed by atoms with Crippen LogP contribution in [0.25, 0.3) is 11.1 Å². The van der Waals surface area contributed by atoms with Gasteiger partial charge in [-0.25, -0.2) is 13.6 Å². The number of hydrogen-bond donors (Lipinski definition) is 1. The van der Waals surface area contributed by atoms with E-state index in [1.165, 1.54) is 18.2 Å². The Hall–Kier alpha value is -3.58. The van der Waals surface area contributed by atoms with Crippen LogP contribution in [-0.2, 0) is 4.74 Å². The summed E-state index contributed by atoms with van der Waals surface area (Å²) in [5, 5.41) is 2.72. The Labute approximate surface area is 198 Å². The van der Waals surface area contributed by atoms with Gasteiger partial charge in [-0.05, 0) is 67.9 Å². The monoisotopic (exact) mass is 463 g/mol. The zero-order valence-electron chi connectivity index (χ0n) is 19.2. The van der Waals surface area contributed by atoms with Crippen molar-refractivity contribution in [2.45, 2.75) is 18.9 Å². The van der Waals surface area contributed by atoms with Crippen molar-refractivity contribution in [3.8, 4) is 11.1 Å². The molecule has 0 saturated heterocycles. The summed E-state index contributed by atoms with van der Waals surface area (Å²) in [5.74, 6) is -1.15. The smallest absolute Gasteiger partial charge is 0.411 e. The topological polar surface area (TPSA) is 53.9 Å². The summed E-state index contributed by atoms with van der Waals surface area (Å²) in [6.07, 6.45) is 0.773. The summed E-state index contributed by atoms with van der Waals surface area (Å²) < 4.78 is 33.3. The standard InChI is InChI=1S/C27H27F2N3O2/c1-32(2)16-17-34-27(33)30-21-12-10-19(11-13-21)18-6-8-20(9-7-18)24-14-15-25(31-24)26-22(28)4-3-5-23(26)29/h3-13,24H,14-17H2,1-2H3,(H,30,33). The number of nitrogens with zero attached hydrogens (tertiary/aromatic N) is 2. The van der Waals surface area contributed by atoms with Crippen LogP contribution in [0.15, 0.2) is 71.7 Å². The average Bonchev–Trinajstić information content (AvgIpc) is 3.29. The highest BCUT2D eigenvalue weighted by Crippen LogP contribution is 2.33. The number of nitrogens with one attached hydrogen (secondary N) is 1. The van der Waals surface area contributed by atoms with E-state index in [-0.39, 0.29) is 11.6 Å². The van der Waals surface area contributed by atoms with Crippen LogP contribution in [0.1, 0.15) is 30.0 Å². The summed E-state index contributed by atoms with van der Waals surface area (Å²) in [6, 6.07) is 19.3. The molecule has 0 bridgehead atoms. The number of rotatable bonds is 7. The van der Waals surface area contributed by atoms with Gasteiger partial charge in [-0.15, -0.1) is 0 Å². The number of amides is 1. The van der Waals surface area contributed by atoms with Crippen LogP contribution < -0.4 is 5.32 Å². The fraction of sp³-hybridized carbons (Fsp3) is 0.259. The Morgan fingerprint density at radius 2 is 1.62 bits per heavy atom. The third-order valence-electron chi connectivity index (χ3n) is 5.75. The normalized spacial score (nSPS) is 15.3. The zero-order chi connectivity index (χ0) is 24.1. The molecule has 7 heteroatoms. The molecule has 0 aromatic heterocycles. The lowest BCUT2D eigenvalue weighted by molar-refractivity contribution is 0.151. The van der Waals surface area contributed by atoms with Gasteiger partial charge in [0.25, 0.3) is 0 Å². The number of benzene rings is 3. The van der Waals surface area contributed by atoms with E-state index < -0.39 is 17.7 Å². The molecule has 1 amide bonds. The Morgan fingerprint density at radius 1 is 1.00 bits per heavy atom. The lowest BCUT2D eigenvalue weighted by Crippen LogP contribution is -2.22. The Morgan fingerprint density at radius 3 is 2.24 bits per heavy atom. The molecular formula is C27H27F2N3O2. The molecule has 0 radical (unpaired) electrons. The molecule has 1 aliphatic heterocycles. The van der Waals surface area contributed by atoms with E-state index in [2.05, 4.69) is 10.3 Å². The molecular weight excluding hydrogens is 436 g/mol. The molecule has 34 heavy (non-hydrogen) atoms. The quantitative estimate of drug-likeness (QED) is 0.463. The number of aliphatic imine (C=N–C) groups is 1. The predicted octanol–water partition coefficient (Wildman–Crippen LogP) is 6.07.